The van der Waals surface area contributed by atoms with Crippen LogP contribution in [0.25, 0.3) is 0 Å². The molecule has 6 heteroatoms. The third kappa shape index (κ3) is 2.04. The van der Waals surface area contributed by atoms with Crippen LogP contribution >= 0.6 is 0 Å². The first-order chi connectivity index (χ1) is 8.13. The summed E-state index contributed by atoms with van der Waals surface area (Å²) in [5.41, 5.74) is 2.07. The number of piperazine rings is 1. The Balaban J connectivity index is 2.42. The van der Waals surface area contributed by atoms with Crippen LogP contribution in [0.2, 0.25) is 0 Å². The maximum Gasteiger partial charge on any atom is 0.239 e. The standard InChI is InChI=1S/C11H13N5O/c1-7-8(2)14-15-11(9(7)5-12)16-4-3-13-10(17)6-16/h3-4,6H2,1-2H3,(H,13,17). The highest BCUT2D eigenvalue weighted by molar-refractivity contribution is 5.82. The van der Waals surface area contributed by atoms with E-state index in [-0.39, 0.29) is 12.5 Å². The second kappa shape index (κ2) is 4.37. The number of nitriles is 1. The summed E-state index contributed by atoms with van der Waals surface area (Å²) < 4.78 is 0. The fourth-order valence-electron chi connectivity index (χ4n) is 1.77. The maximum atomic E-state index is 11.3. The molecule has 6 nitrogen and oxygen atoms in total. The minimum absolute atomic E-state index is 0.0554. The van der Waals surface area contributed by atoms with E-state index < -0.39 is 0 Å². The highest BCUT2D eigenvalue weighted by Crippen LogP contribution is 2.21. The first-order valence-corrected chi connectivity index (χ1v) is 5.39. The molecule has 0 saturated carbocycles. The molecule has 1 aliphatic rings. The largest absolute Gasteiger partial charge is 0.353 e. The Hall–Kier alpha value is -2.16. The number of carbonyl (C=O) groups is 1. The van der Waals surface area contributed by atoms with E-state index in [1.54, 1.807) is 4.90 Å². The predicted molar refractivity (Wildman–Crippen MR) is 61.4 cm³/mol. The molecule has 1 N–H and O–H groups in total. The van der Waals surface area contributed by atoms with Crippen LogP contribution in [0, 0.1) is 25.2 Å². The van der Waals surface area contributed by atoms with E-state index in [4.69, 9.17) is 0 Å². The van der Waals surface area contributed by atoms with Crippen LogP contribution < -0.4 is 10.2 Å². The number of anilines is 1. The molecule has 0 radical (unpaired) electrons. The number of nitrogens with one attached hydrogen (secondary N) is 1. The lowest BCUT2D eigenvalue weighted by Gasteiger charge is -2.28. The molecule has 1 fully saturated rings. The minimum Gasteiger partial charge on any atom is -0.353 e. The molecular weight excluding hydrogens is 218 g/mol. The van der Waals surface area contributed by atoms with E-state index >= 15 is 0 Å². The van der Waals surface area contributed by atoms with Crippen LogP contribution in [0.4, 0.5) is 5.82 Å². The van der Waals surface area contributed by atoms with Gasteiger partial charge in [0, 0.05) is 13.1 Å². The summed E-state index contributed by atoms with van der Waals surface area (Å²) in [6.07, 6.45) is 0. The third-order valence-electron chi connectivity index (χ3n) is 2.89. The van der Waals surface area contributed by atoms with Gasteiger partial charge in [-0.2, -0.15) is 10.4 Å². The van der Waals surface area contributed by atoms with Gasteiger partial charge in [0.1, 0.15) is 11.6 Å². The normalized spacial score (nSPS) is 15.4. The van der Waals surface area contributed by atoms with Gasteiger partial charge in [-0.1, -0.05) is 0 Å². The quantitative estimate of drug-likeness (QED) is 0.730. The van der Waals surface area contributed by atoms with E-state index in [0.29, 0.717) is 24.5 Å². The Morgan fingerprint density at radius 3 is 2.82 bits per heavy atom. The molecule has 0 atom stereocenters. The molecule has 1 amide bonds. The van der Waals surface area contributed by atoms with Crippen LogP contribution in [-0.2, 0) is 4.79 Å². The van der Waals surface area contributed by atoms with Gasteiger partial charge in [-0.3, -0.25) is 4.79 Å². The fraction of sp³-hybridized carbons (Fsp3) is 0.455. The van der Waals surface area contributed by atoms with Gasteiger partial charge in [0.15, 0.2) is 5.82 Å². The third-order valence-corrected chi connectivity index (χ3v) is 2.89. The van der Waals surface area contributed by atoms with E-state index in [1.807, 2.05) is 13.8 Å². The van der Waals surface area contributed by atoms with Crippen molar-refractivity contribution in [3.05, 3.63) is 16.8 Å². The molecule has 2 rings (SSSR count). The van der Waals surface area contributed by atoms with Gasteiger partial charge < -0.3 is 10.2 Å². The molecule has 1 aliphatic heterocycles. The first-order valence-electron chi connectivity index (χ1n) is 5.39. The van der Waals surface area contributed by atoms with Gasteiger partial charge in [0.2, 0.25) is 5.91 Å². The molecule has 0 aliphatic carbocycles. The van der Waals surface area contributed by atoms with Crippen molar-refractivity contribution in [1.82, 2.24) is 15.5 Å². The zero-order valence-corrected chi connectivity index (χ0v) is 9.82. The average Bonchev–Trinajstić information content (AvgIpc) is 2.32. The van der Waals surface area contributed by atoms with Gasteiger partial charge in [-0.05, 0) is 19.4 Å². The van der Waals surface area contributed by atoms with Crippen molar-refractivity contribution in [2.24, 2.45) is 0 Å². The number of amides is 1. The first kappa shape index (κ1) is 11.3. The van der Waals surface area contributed by atoms with Crippen molar-refractivity contribution >= 4 is 11.7 Å². The molecule has 88 valence electrons. The molecule has 17 heavy (non-hydrogen) atoms. The Morgan fingerprint density at radius 1 is 1.41 bits per heavy atom. The predicted octanol–water partition coefficient (Wildman–Crippen LogP) is -0.0987. The number of hydrogen-bond donors (Lipinski definition) is 1. The molecule has 1 saturated heterocycles. The molecule has 2 heterocycles. The second-order valence-electron chi connectivity index (χ2n) is 3.99. The second-order valence-corrected chi connectivity index (χ2v) is 3.99. The molecule has 0 unspecified atom stereocenters. The molecule has 1 aromatic heterocycles. The Bertz CT molecular complexity index is 505. The highest BCUT2D eigenvalue weighted by Gasteiger charge is 2.22. The summed E-state index contributed by atoms with van der Waals surface area (Å²) in [5, 5.41) is 20.0. The van der Waals surface area contributed by atoms with Gasteiger partial charge in [-0.25, -0.2) is 0 Å². The summed E-state index contributed by atoms with van der Waals surface area (Å²) in [6, 6.07) is 2.14. The average molecular weight is 231 g/mol. The molecule has 0 spiro atoms. The summed E-state index contributed by atoms with van der Waals surface area (Å²) in [4.78, 5) is 13.1. The summed E-state index contributed by atoms with van der Waals surface area (Å²) in [5.74, 6) is 0.450. The van der Waals surface area contributed by atoms with Crippen LogP contribution in [0.5, 0.6) is 0 Å². The number of aromatic nitrogens is 2. The zero-order chi connectivity index (χ0) is 12.4. The maximum absolute atomic E-state index is 11.3. The van der Waals surface area contributed by atoms with Crippen molar-refractivity contribution in [1.29, 1.82) is 5.26 Å². The van der Waals surface area contributed by atoms with E-state index in [1.165, 1.54) is 0 Å². The lowest BCUT2D eigenvalue weighted by molar-refractivity contribution is -0.120. The topological polar surface area (TPSA) is 81.9 Å². The van der Waals surface area contributed by atoms with Gasteiger partial charge in [-0.15, -0.1) is 5.10 Å². The Morgan fingerprint density at radius 2 is 2.18 bits per heavy atom. The fourth-order valence-corrected chi connectivity index (χ4v) is 1.77. The van der Waals surface area contributed by atoms with Crippen LogP contribution in [0.15, 0.2) is 0 Å². The monoisotopic (exact) mass is 231 g/mol. The van der Waals surface area contributed by atoms with Gasteiger partial charge >= 0.3 is 0 Å². The number of aryl methyl sites for hydroxylation is 1. The SMILES string of the molecule is Cc1nnc(N2CCNC(=O)C2)c(C#N)c1C. The van der Waals surface area contributed by atoms with Crippen LogP contribution in [0.1, 0.15) is 16.8 Å². The van der Waals surface area contributed by atoms with Crippen LogP contribution in [0.3, 0.4) is 0 Å². The molecule has 0 aromatic carbocycles. The van der Waals surface area contributed by atoms with Crippen molar-refractivity contribution in [2.75, 3.05) is 24.5 Å². The van der Waals surface area contributed by atoms with Crippen molar-refractivity contribution in [2.45, 2.75) is 13.8 Å². The van der Waals surface area contributed by atoms with Crippen molar-refractivity contribution in [3.8, 4) is 6.07 Å². The zero-order valence-electron chi connectivity index (χ0n) is 9.82. The van der Waals surface area contributed by atoms with Crippen LogP contribution in [-0.4, -0.2) is 35.7 Å². The number of hydrogen-bond acceptors (Lipinski definition) is 5. The summed E-state index contributed by atoms with van der Waals surface area (Å²) >= 11 is 0. The highest BCUT2D eigenvalue weighted by atomic mass is 16.2. The molecule has 1 aromatic rings. The van der Waals surface area contributed by atoms with Gasteiger partial charge in [0.25, 0.3) is 0 Å². The molecule has 0 bridgehead atoms. The van der Waals surface area contributed by atoms with E-state index in [9.17, 15) is 10.1 Å². The number of nitrogens with zero attached hydrogens (tertiary/aromatic N) is 4. The summed E-state index contributed by atoms with van der Waals surface area (Å²) in [7, 11) is 0. The lowest BCUT2D eigenvalue weighted by Crippen LogP contribution is -2.48. The van der Waals surface area contributed by atoms with Crippen molar-refractivity contribution < 1.29 is 4.79 Å². The number of carbonyl (C=O) groups excluding carboxylic acids is 1. The van der Waals surface area contributed by atoms with E-state index in [0.717, 1.165) is 11.3 Å². The Labute approximate surface area is 99.3 Å². The number of rotatable bonds is 1. The van der Waals surface area contributed by atoms with E-state index in [2.05, 4.69) is 21.6 Å². The van der Waals surface area contributed by atoms with Crippen molar-refractivity contribution in [3.63, 3.8) is 0 Å². The molecular formula is C11H13N5O. The lowest BCUT2D eigenvalue weighted by atomic mass is 10.1. The Kier molecular flexibility index (Phi) is 2.91. The smallest absolute Gasteiger partial charge is 0.239 e. The minimum atomic E-state index is -0.0554. The summed E-state index contributed by atoms with van der Waals surface area (Å²) in [6.45, 7) is 5.10. The van der Waals surface area contributed by atoms with Gasteiger partial charge in [0.05, 0.1) is 12.2 Å².